The Bertz CT molecular complexity index is 130. The zero-order valence-electron chi connectivity index (χ0n) is 5.83. The summed E-state index contributed by atoms with van der Waals surface area (Å²) in [6, 6.07) is -0.856. The first-order valence-electron chi connectivity index (χ1n) is 2.84. The standard InChI is InChI=1S/C5H9NO3.Na/c7-3-1-2-6-4(3)5(8)9;/h3-4,6-7H,1-2H2,(H,8,9);/q;+1/p-1/t3-,4+;/m1./s1. The van der Waals surface area contributed by atoms with Crippen LogP contribution in [0.2, 0.25) is 0 Å². The number of carboxylic acid groups (broad SMARTS) is 1. The summed E-state index contributed by atoms with van der Waals surface area (Å²) in [5.41, 5.74) is 0. The van der Waals surface area contributed by atoms with Crippen LogP contribution in [0.3, 0.4) is 0 Å². The second-order valence-corrected chi connectivity index (χ2v) is 2.11. The number of carbonyl (C=O) groups is 1. The van der Waals surface area contributed by atoms with Crippen LogP contribution in [0.1, 0.15) is 6.42 Å². The Morgan fingerprint density at radius 3 is 2.50 bits per heavy atom. The van der Waals surface area contributed by atoms with Crippen molar-refractivity contribution < 1.29 is 44.6 Å². The molecule has 0 aromatic heterocycles. The molecule has 0 aromatic rings. The zero-order chi connectivity index (χ0) is 6.85. The number of carboxylic acids is 1. The third-order valence-corrected chi connectivity index (χ3v) is 1.44. The fraction of sp³-hybridized carbons (Fsp3) is 0.800. The number of aliphatic hydroxyl groups excluding tert-OH is 1. The molecule has 0 aromatic carbocycles. The summed E-state index contributed by atoms with van der Waals surface area (Å²) in [5.74, 6) is -1.22. The van der Waals surface area contributed by atoms with Gasteiger partial charge >= 0.3 is 29.6 Å². The van der Waals surface area contributed by atoms with Gasteiger partial charge in [-0.25, -0.2) is 0 Å². The van der Waals surface area contributed by atoms with Gasteiger partial charge in [0.2, 0.25) is 0 Å². The van der Waals surface area contributed by atoms with Crippen LogP contribution in [0.5, 0.6) is 0 Å². The summed E-state index contributed by atoms with van der Waals surface area (Å²) in [5, 5.41) is 21.5. The molecule has 0 radical (unpaired) electrons. The van der Waals surface area contributed by atoms with Crippen molar-refractivity contribution in [3.8, 4) is 0 Å². The Morgan fingerprint density at radius 1 is 1.70 bits per heavy atom. The number of nitrogens with one attached hydrogen (secondary N) is 1. The molecule has 1 aliphatic heterocycles. The fourth-order valence-electron chi connectivity index (χ4n) is 0.930. The van der Waals surface area contributed by atoms with Crippen molar-refractivity contribution in [1.29, 1.82) is 0 Å². The van der Waals surface area contributed by atoms with Crippen LogP contribution in [0, 0.1) is 0 Å². The minimum Gasteiger partial charge on any atom is -0.548 e. The molecule has 4 nitrogen and oxygen atoms in total. The average molecular weight is 153 g/mol. The third-order valence-electron chi connectivity index (χ3n) is 1.44. The summed E-state index contributed by atoms with van der Waals surface area (Å²) in [7, 11) is 0. The van der Waals surface area contributed by atoms with E-state index >= 15 is 0 Å². The Morgan fingerprint density at radius 2 is 2.30 bits per heavy atom. The molecule has 0 unspecified atom stereocenters. The third kappa shape index (κ3) is 2.21. The summed E-state index contributed by atoms with van der Waals surface area (Å²) in [6.07, 6.45) is -0.270. The predicted molar refractivity (Wildman–Crippen MR) is 27.4 cm³/mol. The van der Waals surface area contributed by atoms with Crippen molar-refractivity contribution in [2.75, 3.05) is 6.54 Å². The molecule has 2 N–H and O–H groups in total. The van der Waals surface area contributed by atoms with Gasteiger partial charge in [-0.15, -0.1) is 0 Å². The maximum absolute atomic E-state index is 10.1. The van der Waals surface area contributed by atoms with Crippen LogP contribution in [0.25, 0.3) is 0 Å². The van der Waals surface area contributed by atoms with Gasteiger partial charge in [-0.2, -0.15) is 0 Å². The molecule has 10 heavy (non-hydrogen) atoms. The van der Waals surface area contributed by atoms with E-state index in [1.807, 2.05) is 0 Å². The number of hydrogen-bond acceptors (Lipinski definition) is 4. The van der Waals surface area contributed by atoms with Crippen molar-refractivity contribution in [2.24, 2.45) is 0 Å². The van der Waals surface area contributed by atoms with Crippen molar-refractivity contribution in [3.63, 3.8) is 0 Å². The summed E-state index contributed by atoms with van der Waals surface area (Å²) < 4.78 is 0. The van der Waals surface area contributed by atoms with Gasteiger partial charge in [0.15, 0.2) is 0 Å². The van der Waals surface area contributed by atoms with Crippen LogP contribution in [-0.4, -0.2) is 29.8 Å². The van der Waals surface area contributed by atoms with Gasteiger partial charge in [-0.3, -0.25) is 0 Å². The monoisotopic (exact) mass is 153 g/mol. The Hall–Kier alpha value is 0.390. The first-order chi connectivity index (χ1) is 4.22. The Kier molecular flexibility index (Phi) is 4.47. The molecule has 52 valence electrons. The van der Waals surface area contributed by atoms with E-state index in [9.17, 15) is 9.90 Å². The molecule has 0 aliphatic carbocycles. The second-order valence-electron chi connectivity index (χ2n) is 2.11. The van der Waals surface area contributed by atoms with Crippen molar-refractivity contribution >= 4 is 5.97 Å². The zero-order valence-corrected chi connectivity index (χ0v) is 7.83. The van der Waals surface area contributed by atoms with E-state index in [0.717, 1.165) is 0 Å². The number of carbonyl (C=O) groups excluding carboxylic acids is 1. The van der Waals surface area contributed by atoms with E-state index in [1.165, 1.54) is 0 Å². The van der Waals surface area contributed by atoms with Crippen molar-refractivity contribution in [1.82, 2.24) is 5.32 Å². The van der Waals surface area contributed by atoms with Gasteiger partial charge in [0.25, 0.3) is 0 Å². The van der Waals surface area contributed by atoms with E-state index in [2.05, 4.69) is 5.32 Å². The van der Waals surface area contributed by atoms with E-state index in [-0.39, 0.29) is 29.6 Å². The van der Waals surface area contributed by atoms with E-state index in [1.54, 1.807) is 0 Å². The molecule has 0 saturated carbocycles. The van der Waals surface area contributed by atoms with Crippen LogP contribution in [0.15, 0.2) is 0 Å². The SMILES string of the molecule is O=C([O-])[C@H]1NCC[C@H]1O.[Na+]. The minimum atomic E-state index is -1.22. The fourth-order valence-corrected chi connectivity index (χ4v) is 0.930. The molecule has 1 heterocycles. The van der Waals surface area contributed by atoms with Gasteiger partial charge in [0.1, 0.15) is 0 Å². The summed E-state index contributed by atoms with van der Waals surface area (Å²) >= 11 is 0. The molecule has 1 fully saturated rings. The molecular weight excluding hydrogens is 145 g/mol. The maximum atomic E-state index is 10.1. The van der Waals surface area contributed by atoms with Crippen molar-refractivity contribution in [2.45, 2.75) is 18.6 Å². The molecule has 1 aliphatic rings. The normalized spacial score (nSPS) is 31.3. The summed E-state index contributed by atoms with van der Waals surface area (Å²) in [4.78, 5) is 10.1. The number of hydrogen-bond donors (Lipinski definition) is 2. The molecule has 2 atom stereocenters. The van der Waals surface area contributed by atoms with E-state index < -0.39 is 18.1 Å². The van der Waals surface area contributed by atoms with Gasteiger partial charge in [-0.05, 0) is 13.0 Å². The summed E-state index contributed by atoms with van der Waals surface area (Å²) in [6.45, 7) is 0.555. The Labute approximate surface area is 80.9 Å². The maximum Gasteiger partial charge on any atom is 1.00 e. The van der Waals surface area contributed by atoms with Gasteiger partial charge in [0.05, 0.1) is 18.1 Å². The van der Waals surface area contributed by atoms with Crippen LogP contribution in [-0.2, 0) is 4.79 Å². The molecule has 1 rings (SSSR count). The number of aliphatic carboxylic acids is 1. The smallest absolute Gasteiger partial charge is 0.548 e. The molecule has 5 heteroatoms. The minimum absolute atomic E-state index is 0. The number of aliphatic hydroxyl groups is 1. The molecule has 0 spiro atoms. The van der Waals surface area contributed by atoms with E-state index in [4.69, 9.17) is 5.11 Å². The molecular formula is C5H8NNaO3. The Balaban J connectivity index is 0.000000810. The molecule has 1 saturated heterocycles. The topological polar surface area (TPSA) is 72.4 Å². The van der Waals surface area contributed by atoms with E-state index in [0.29, 0.717) is 13.0 Å². The van der Waals surface area contributed by atoms with Crippen LogP contribution < -0.4 is 40.0 Å². The van der Waals surface area contributed by atoms with Crippen molar-refractivity contribution in [3.05, 3.63) is 0 Å². The predicted octanol–water partition coefficient (Wildman–Crippen LogP) is -5.54. The first-order valence-corrected chi connectivity index (χ1v) is 2.84. The first kappa shape index (κ1) is 10.4. The molecule has 0 amide bonds. The average Bonchev–Trinajstić information content (AvgIpc) is 2.13. The molecule has 0 bridgehead atoms. The van der Waals surface area contributed by atoms with Crippen LogP contribution >= 0.6 is 0 Å². The number of rotatable bonds is 1. The van der Waals surface area contributed by atoms with Crippen LogP contribution in [0.4, 0.5) is 0 Å². The quantitative estimate of drug-likeness (QED) is 0.368. The van der Waals surface area contributed by atoms with Gasteiger partial charge in [0, 0.05) is 0 Å². The van der Waals surface area contributed by atoms with Gasteiger partial charge < -0.3 is 20.3 Å². The second kappa shape index (κ2) is 4.31. The van der Waals surface area contributed by atoms with Gasteiger partial charge in [-0.1, -0.05) is 0 Å². The largest absolute Gasteiger partial charge is 1.00 e.